The molecule has 2 heterocycles. The van der Waals surface area contributed by atoms with Crippen LogP contribution in [0.1, 0.15) is 30.1 Å². The first kappa shape index (κ1) is 17.2. The highest BCUT2D eigenvalue weighted by molar-refractivity contribution is 5.94. The molecule has 116 valence electrons. The summed E-state index contributed by atoms with van der Waals surface area (Å²) in [5, 5.41) is 2.98. The molecule has 0 radical (unpaired) electrons. The number of aromatic nitrogens is 1. The molecular weight excluding hydrogens is 294 g/mol. The summed E-state index contributed by atoms with van der Waals surface area (Å²) >= 11 is 0. The Labute approximate surface area is 130 Å². The monoisotopic (exact) mass is 313 g/mol. The molecule has 0 unspecified atom stereocenters. The number of hydrogen-bond acceptors (Lipinski definition) is 4. The minimum Gasteiger partial charge on any atom is -0.450 e. The lowest BCUT2D eigenvalue weighted by Crippen LogP contribution is -2.46. The molecular formula is C14H20ClN3O3. The Morgan fingerprint density at radius 2 is 1.95 bits per heavy atom. The Morgan fingerprint density at radius 1 is 1.33 bits per heavy atom. The van der Waals surface area contributed by atoms with E-state index in [2.05, 4.69) is 10.3 Å². The van der Waals surface area contributed by atoms with Crippen molar-refractivity contribution in [1.29, 1.82) is 0 Å². The van der Waals surface area contributed by atoms with Crippen LogP contribution in [0, 0.1) is 0 Å². The van der Waals surface area contributed by atoms with Crippen LogP contribution < -0.4 is 5.32 Å². The molecule has 7 heteroatoms. The maximum atomic E-state index is 12.0. The summed E-state index contributed by atoms with van der Waals surface area (Å²) in [6.07, 6.45) is 4.41. The summed E-state index contributed by atoms with van der Waals surface area (Å²) in [6.45, 7) is 3.40. The van der Waals surface area contributed by atoms with E-state index in [4.69, 9.17) is 4.74 Å². The van der Waals surface area contributed by atoms with Crippen molar-refractivity contribution in [3.63, 3.8) is 0 Å². The van der Waals surface area contributed by atoms with Crippen LogP contribution in [-0.4, -0.2) is 47.6 Å². The van der Waals surface area contributed by atoms with Gasteiger partial charge in [0.05, 0.1) is 6.61 Å². The zero-order valence-electron chi connectivity index (χ0n) is 11.9. The number of hydrogen-bond donors (Lipinski definition) is 1. The Bertz CT molecular complexity index is 462. The summed E-state index contributed by atoms with van der Waals surface area (Å²) in [6, 6.07) is 3.47. The fourth-order valence-electron chi connectivity index (χ4n) is 2.19. The van der Waals surface area contributed by atoms with Crippen LogP contribution in [0.3, 0.4) is 0 Å². The normalized spacial score (nSPS) is 15.0. The molecule has 2 rings (SSSR count). The summed E-state index contributed by atoms with van der Waals surface area (Å²) in [5.74, 6) is -0.0954. The number of carbonyl (C=O) groups excluding carboxylic acids is 2. The molecule has 0 aromatic carbocycles. The summed E-state index contributed by atoms with van der Waals surface area (Å²) in [7, 11) is 0. The Morgan fingerprint density at radius 3 is 2.52 bits per heavy atom. The Hall–Kier alpha value is -1.82. The molecule has 0 atom stereocenters. The van der Waals surface area contributed by atoms with Gasteiger partial charge in [-0.15, -0.1) is 12.4 Å². The van der Waals surface area contributed by atoms with Crippen LogP contribution in [0.5, 0.6) is 0 Å². The van der Waals surface area contributed by atoms with Gasteiger partial charge in [0.2, 0.25) is 0 Å². The molecule has 0 aliphatic carbocycles. The zero-order chi connectivity index (χ0) is 14.4. The third-order valence-electron chi connectivity index (χ3n) is 3.30. The van der Waals surface area contributed by atoms with E-state index in [0.29, 0.717) is 25.3 Å². The topological polar surface area (TPSA) is 71.5 Å². The second-order valence-electron chi connectivity index (χ2n) is 4.67. The predicted octanol–water partition coefficient (Wildman–Crippen LogP) is 1.85. The molecule has 1 aromatic rings. The van der Waals surface area contributed by atoms with Gasteiger partial charge in [-0.1, -0.05) is 0 Å². The van der Waals surface area contributed by atoms with E-state index in [1.807, 2.05) is 0 Å². The van der Waals surface area contributed by atoms with Crippen LogP contribution in [0.2, 0.25) is 0 Å². The number of ether oxygens (including phenoxy) is 1. The van der Waals surface area contributed by atoms with Crippen LogP contribution in [0.25, 0.3) is 0 Å². The fraction of sp³-hybridized carbons (Fsp3) is 0.500. The second-order valence-corrected chi connectivity index (χ2v) is 4.67. The van der Waals surface area contributed by atoms with Crippen LogP contribution >= 0.6 is 12.4 Å². The van der Waals surface area contributed by atoms with Crippen molar-refractivity contribution in [2.75, 3.05) is 19.7 Å². The largest absolute Gasteiger partial charge is 0.450 e. The van der Waals surface area contributed by atoms with Crippen LogP contribution in [-0.2, 0) is 4.74 Å². The van der Waals surface area contributed by atoms with E-state index in [1.54, 1.807) is 36.4 Å². The molecule has 21 heavy (non-hydrogen) atoms. The maximum absolute atomic E-state index is 12.0. The van der Waals surface area contributed by atoms with Crippen molar-refractivity contribution >= 4 is 24.4 Å². The number of rotatable bonds is 3. The fourth-order valence-corrected chi connectivity index (χ4v) is 2.19. The Balaban J connectivity index is 0.00000220. The lowest BCUT2D eigenvalue weighted by atomic mass is 10.0. The highest BCUT2D eigenvalue weighted by Crippen LogP contribution is 2.12. The van der Waals surface area contributed by atoms with Gasteiger partial charge in [-0.05, 0) is 31.9 Å². The van der Waals surface area contributed by atoms with Crippen molar-refractivity contribution in [1.82, 2.24) is 15.2 Å². The zero-order valence-corrected chi connectivity index (χ0v) is 12.8. The number of amides is 2. The van der Waals surface area contributed by atoms with Gasteiger partial charge in [0.15, 0.2) is 0 Å². The van der Waals surface area contributed by atoms with Crippen molar-refractivity contribution < 1.29 is 14.3 Å². The molecule has 1 fully saturated rings. The van der Waals surface area contributed by atoms with Crippen molar-refractivity contribution in [3.8, 4) is 0 Å². The predicted molar refractivity (Wildman–Crippen MR) is 80.6 cm³/mol. The molecule has 1 saturated heterocycles. The number of carbonyl (C=O) groups is 2. The van der Waals surface area contributed by atoms with Crippen LogP contribution in [0.4, 0.5) is 4.79 Å². The van der Waals surface area contributed by atoms with Gasteiger partial charge in [-0.3, -0.25) is 9.78 Å². The summed E-state index contributed by atoms with van der Waals surface area (Å²) in [4.78, 5) is 29.1. The van der Waals surface area contributed by atoms with Gasteiger partial charge in [0.25, 0.3) is 5.91 Å². The van der Waals surface area contributed by atoms with E-state index in [1.165, 1.54) is 0 Å². The summed E-state index contributed by atoms with van der Waals surface area (Å²) < 4.78 is 4.96. The number of halogens is 1. The maximum Gasteiger partial charge on any atom is 0.409 e. The molecule has 0 spiro atoms. The second kappa shape index (κ2) is 8.46. The van der Waals surface area contributed by atoms with E-state index in [-0.39, 0.29) is 30.4 Å². The van der Waals surface area contributed by atoms with Gasteiger partial charge >= 0.3 is 6.09 Å². The third kappa shape index (κ3) is 4.90. The van der Waals surface area contributed by atoms with Crippen molar-refractivity contribution in [2.24, 2.45) is 0 Å². The van der Waals surface area contributed by atoms with E-state index in [9.17, 15) is 9.59 Å². The van der Waals surface area contributed by atoms with Gasteiger partial charge in [-0.2, -0.15) is 0 Å². The first-order valence-corrected chi connectivity index (χ1v) is 6.83. The average Bonchev–Trinajstić information content (AvgIpc) is 2.49. The van der Waals surface area contributed by atoms with Gasteiger partial charge in [-0.25, -0.2) is 4.79 Å². The smallest absolute Gasteiger partial charge is 0.409 e. The minimum absolute atomic E-state index is 0. The highest BCUT2D eigenvalue weighted by Gasteiger charge is 2.24. The number of pyridine rings is 1. The third-order valence-corrected chi connectivity index (χ3v) is 3.30. The Kier molecular flexibility index (Phi) is 6.94. The first-order chi connectivity index (χ1) is 9.70. The van der Waals surface area contributed by atoms with Gasteiger partial charge in [0.1, 0.15) is 0 Å². The highest BCUT2D eigenvalue weighted by atomic mass is 35.5. The standard InChI is InChI=1S/C14H19N3O3.ClH/c1-2-20-14(19)17-9-5-12(6-10-17)16-13(18)11-3-7-15-8-4-11;/h3-4,7-8,12H,2,5-6,9-10H2,1H3,(H,16,18);1H. The molecule has 1 aromatic heterocycles. The van der Waals surface area contributed by atoms with Gasteiger partial charge in [0, 0.05) is 37.1 Å². The number of nitrogens with one attached hydrogen (secondary N) is 1. The van der Waals surface area contributed by atoms with Gasteiger partial charge < -0.3 is 15.0 Å². The van der Waals surface area contributed by atoms with Crippen molar-refractivity contribution in [3.05, 3.63) is 30.1 Å². The van der Waals surface area contributed by atoms with Crippen molar-refractivity contribution in [2.45, 2.75) is 25.8 Å². The number of likely N-dealkylation sites (tertiary alicyclic amines) is 1. The molecule has 1 aliphatic heterocycles. The molecule has 0 bridgehead atoms. The lowest BCUT2D eigenvalue weighted by molar-refractivity contribution is 0.0860. The molecule has 2 amide bonds. The molecule has 6 nitrogen and oxygen atoms in total. The van der Waals surface area contributed by atoms with E-state index >= 15 is 0 Å². The summed E-state index contributed by atoms with van der Waals surface area (Å²) in [5.41, 5.74) is 0.604. The number of piperidine rings is 1. The number of nitrogens with zero attached hydrogens (tertiary/aromatic N) is 2. The quantitative estimate of drug-likeness (QED) is 0.924. The SMILES string of the molecule is CCOC(=O)N1CCC(NC(=O)c2ccncc2)CC1.Cl. The molecule has 1 aliphatic rings. The van der Waals surface area contributed by atoms with Crippen LogP contribution in [0.15, 0.2) is 24.5 Å². The lowest BCUT2D eigenvalue weighted by Gasteiger charge is -2.31. The van der Waals surface area contributed by atoms with E-state index in [0.717, 1.165) is 12.8 Å². The average molecular weight is 314 g/mol. The molecule has 1 N–H and O–H groups in total. The minimum atomic E-state index is -0.272. The first-order valence-electron chi connectivity index (χ1n) is 6.83. The van der Waals surface area contributed by atoms with E-state index < -0.39 is 0 Å². The molecule has 0 saturated carbocycles.